The molecular formula is C26H30FN3O4. The molecule has 7 nitrogen and oxygen atoms in total. The average Bonchev–Trinajstić information content (AvgIpc) is 3.24. The van der Waals surface area contributed by atoms with Gasteiger partial charge in [0.15, 0.2) is 0 Å². The van der Waals surface area contributed by atoms with Gasteiger partial charge in [-0.3, -0.25) is 14.4 Å². The van der Waals surface area contributed by atoms with Gasteiger partial charge in [0.1, 0.15) is 11.6 Å². The first-order valence-electron chi connectivity index (χ1n) is 11.6. The largest absolute Gasteiger partial charge is 0.496 e. The number of piperazine rings is 1. The fraction of sp³-hybridized carbons (Fsp3) is 0.423. The Morgan fingerprint density at radius 1 is 1.03 bits per heavy atom. The van der Waals surface area contributed by atoms with E-state index < -0.39 is 5.54 Å². The third kappa shape index (κ3) is 5.38. The first-order chi connectivity index (χ1) is 16.4. The summed E-state index contributed by atoms with van der Waals surface area (Å²) in [6.45, 7) is 1.86. The molecule has 0 aromatic heterocycles. The van der Waals surface area contributed by atoms with Crippen LogP contribution in [0.2, 0.25) is 0 Å². The second-order valence-electron chi connectivity index (χ2n) is 9.01. The Balaban J connectivity index is 1.32. The molecule has 2 saturated heterocycles. The van der Waals surface area contributed by atoms with Gasteiger partial charge in [-0.1, -0.05) is 24.3 Å². The van der Waals surface area contributed by atoms with Crippen LogP contribution in [0.25, 0.3) is 0 Å². The topological polar surface area (TPSA) is 79.0 Å². The molecule has 2 heterocycles. The minimum Gasteiger partial charge on any atom is -0.496 e. The minimum absolute atomic E-state index is 0.0157. The number of rotatable bonds is 7. The van der Waals surface area contributed by atoms with E-state index in [-0.39, 0.29) is 23.5 Å². The lowest BCUT2D eigenvalue weighted by Crippen LogP contribution is -2.51. The Morgan fingerprint density at radius 2 is 1.71 bits per heavy atom. The molecule has 1 atom stereocenters. The fourth-order valence-corrected chi connectivity index (χ4v) is 4.83. The number of carbonyl (C=O) groups is 3. The molecule has 2 aromatic carbocycles. The second-order valence-corrected chi connectivity index (χ2v) is 9.01. The van der Waals surface area contributed by atoms with Crippen molar-refractivity contribution in [3.8, 4) is 5.75 Å². The summed E-state index contributed by atoms with van der Waals surface area (Å²) in [5, 5.41) is 3.07. The van der Waals surface area contributed by atoms with Crippen LogP contribution in [0, 0.1) is 5.82 Å². The van der Waals surface area contributed by atoms with Crippen molar-refractivity contribution in [2.75, 3.05) is 33.3 Å². The highest BCUT2D eigenvalue weighted by Crippen LogP contribution is 2.30. The summed E-state index contributed by atoms with van der Waals surface area (Å²) in [6, 6.07) is 13.4. The van der Waals surface area contributed by atoms with Crippen LogP contribution in [0.4, 0.5) is 4.39 Å². The van der Waals surface area contributed by atoms with Crippen molar-refractivity contribution in [2.45, 2.75) is 37.6 Å². The summed E-state index contributed by atoms with van der Waals surface area (Å²) >= 11 is 0. The molecule has 0 aliphatic carbocycles. The molecule has 3 amide bonds. The number of carbonyl (C=O) groups excluding carboxylic acids is 3. The van der Waals surface area contributed by atoms with Gasteiger partial charge in [0.25, 0.3) is 5.91 Å². The monoisotopic (exact) mass is 467 g/mol. The van der Waals surface area contributed by atoms with E-state index in [4.69, 9.17) is 4.74 Å². The van der Waals surface area contributed by atoms with Crippen LogP contribution in [0.1, 0.15) is 41.6 Å². The molecule has 0 radical (unpaired) electrons. The third-order valence-electron chi connectivity index (χ3n) is 6.77. The molecule has 0 bridgehead atoms. The number of nitrogens with one attached hydrogen (secondary N) is 1. The average molecular weight is 468 g/mol. The number of nitrogens with zero attached hydrogens (tertiary/aromatic N) is 2. The predicted molar refractivity (Wildman–Crippen MR) is 125 cm³/mol. The maximum absolute atomic E-state index is 13.3. The summed E-state index contributed by atoms with van der Waals surface area (Å²) in [6.07, 6.45) is 2.47. The smallest absolute Gasteiger partial charge is 0.257 e. The van der Waals surface area contributed by atoms with Gasteiger partial charge in [-0.15, -0.1) is 0 Å². The fourth-order valence-electron chi connectivity index (χ4n) is 4.83. The van der Waals surface area contributed by atoms with E-state index >= 15 is 0 Å². The molecule has 0 saturated carbocycles. The van der Waals surface area contributed by atoms with E-state index in [2.05, 4.69) is 5.32 Å². The molecule has 0 unspecified atom stereocenters. The van der Waals surface area contributed by atoms with Crippen molar-refractivity contribution in [3.05, 3.63) is 65.5 Å². The molecule has 4 rings (SSSR count). The highest BCUT2D eigenvalue weighted by Gasteiger charge is 2.38. The van der Waals surface area contributed by atoms with Crippen molar-refractivity contribution < 1.29 is 23.5 Å². The quantitative estimate of drug-likeness (QED) is 0.679. The molecule has 2 aliphatic heterocycles. The van der Waals surface area contributed by atoms with Gasteiger partial charge in [-0.25, -0.2) is 4.39 Å². The van der Waals surface area contributed by atoms with Crippen molar-refractivity contribution in [3.63, 3.8) is 0 Å². The zero-order chi connectivity index (χ0) is 24.1. The highest BCUT2D eigenvalue weighted by atomic mass is 19.1. The van der Waals surface area contributed by atoms with E-state index in [1.807, 2.05) is 6.07 Å². The summed E-state index contributed by atoms with van der Waals surface area (Å²) in [5.74, 6) is 0.140. The number of hydrogen-bond acceptors (Lipinski definition) is 4. The van der Waals surface area contributed by atoms with Gasteiger partial charge in [-0.05, 0) is 49.1 Å². The summed E-state index contributed by atoms with van der Waals surface area (Å²) < 4.78 is 18.6. The standard InChI is InChI=1S/C26H30FN3O4/c1-34-22-5-3-2-4-21(22)25(33)30-16-14-29(15-17-30)24(32)11-13-26(12-10-23(31)28-26)18-19-6-8-20(27)9-7-19/h2-9H,10-18H2,1H3,(H,28,31)/t26-/m1/s1. The lowest BCUT2D eigenvalue weighted by molar-refractivity contribution is -0.133. The molecule has 1 N–H and O–H groups in total. The SMILES string of the molecule is COc1ccccc1C(=O)N1CCN(C(=O)CC[C@@]2(Cc3ccc(F)cc3)CCC(=O)N2)CC1. The Labute approximate surface area is 198 Å². The number of para-hydroxylation sites is 1. The van der Waals surface area contributed by atoms with Crippen molar-refractivity contribution in [1.29, 1.82) is 0 Å². The Morgan fingerprint density at radius 3 is 2.35 bits per heavy atom. The van der Waals surface area contributed by atoms with Gasteiger partial charge in [0.05, 0.1) is 12.7 Å². The Hall–Kier alpha value is -3.42. The van der Waals surface area contributed by atoms with E-state index in [1.54, 1.807) is 47.2 Å². The van der Waals surface area contributed by atoms with Crippen molar-refractivity contribution >= 4 is 17.7 Å². The van der Waals surface area contributed by atoms with Crippen LogP contribution in [-0.2, 0) is 16.0 Å². The van der Waals surface area contributed by atoms with Crippen LogP contribution < -0.4 is 10.1 Å². The van der Waals surface area contributed by atoms with Crippen LogP contribution in [0.3, 0.4) is 0 Å². The van der Waals surface area contributed by atoms with Crippen LogP contribution in [-0.4, -0.2) is 66.3 Å². The third-order valence-corrected chi connectivity index (χ3v) is 6.77. The van der Waals surface area contributed by atoms with Crippen LogP contribution >= 0.6 is 0 Å². The second kappa shape index (κ2) is 10.2. The Kier molecular flexibility index (Phi) is 7.14. The highest BCUT2D eigenvalue weighted by molar-refractivity contribution is 5.97. The lowest BCUT2D eigenvalue weighted by Gasteiger charge is -2.36. The number of methoxy groups -OCH3 is 1. The first kappa shape index (κ1) is 23.7. The van der Waals surface area contributed by atoms with E-state index in [0.717, 1.165) is 5.56 Å². The molecule has 180 valence electrons. The summed E-state index contributed by atoms with van der Waals surface area (Å²) in [4.78, 5) is 41.4. The first-order valence-corrected chi connectivity index (χ1v) is 11.6. The van der Waals surface area contributed by atoms with Gasteiger partial charge < -0.3 is 19.9 Å². The summed E-state index contributed by atoms with van der Waals surface area (Å²) in [5.41, 5.74) is 0.954. The number of hydrogen-bond donors (Lipinski definition) is 1. The number of benzene rings is 2. The lowest BCUT2D eigenvalue weighted by atomic mass is 9.85. The zero-order valence-corrected chi connectivity index (χ0v) is 19.4. The molecule has 8 heteroatoms. The van der Waals surface area contributed by atoms with Gasteiger partial charge in [0.2, 0.25) is 11.8 Å². The number of ether oxygens (including phenoxy) is 1. The normalized spacial score (nSPS) is 20.2. The zero-order valence-electron chi connectivity index (χ0n) is 19.4. The number of amides is 3. The molecule has 0 spiro atoms. The van der Waals surface area contributed by atoms with E-state index in [1.165, 1.54) is 12.1 Å². The molecule has 34 heavy (non-hydrogen) atoms. The van der Waals surface area contributed by atoms with Crippen LogP contribution in [0.5, 0.6) is 5.75 Å². The van der Waals surface area contributed by atoms with Gasteiger partial charge in [-0.2, -0.15) is 0 Å². The van der Waals surface area contributed by atoms with E-state index in [0.29, 0.717) is 69.6 Å². The van der Waals surface area contributed by atoms with Gasteiger partial charge >= 0.3 is 0 Å². The van der Waals surface area contributed by atoms with Crippen molar-refractivity contribution in [2.24, 2.45) is 0 Å². The maximum Gasteiger partial charge on any atom is 0.257 e. The van der Waals surface area contributed by atoms with E-state index in [9.17, 15) is 18.8 Å². The minimum atomic E-state index is -0.494. The molecule has 2 aromatic rings. The molecule has 2 aliphatic rings. The maximum atomic E-state index is 13.3. The van der Waals surface area contributed by atoms with Gasteiger partial charge in [0, 0.05) is 44.6 Å². The molecule has 2 fully saturated rings. The predicted octanol–water partition coefficient (Wildman–Crippen LogP) is 2.79. The van der Waals surface area contributed by atoms with Crippen molar-refractivity contribution in [1.82, 2.24) is 15.1 Å². The number of halogens is 1. The Bertz CT molecular complexity index is 1050. The van der Waals surface area contributed by atoms with Crippen LogP contribution in [0.15, 0.2) is 48.5 Å². The molecular weight excluding hydrogens is 437 g/mol. The summed E-state index contributed by atoms with van der Waals surface area (Å²) in [7, 11) is 1.54.